The Labute approximate surface area is 200 Å². The highest BCUT2D eigenvalue weighted by Crippen LogP contribution is 2.38. The van der Waals surface area contributed by atoms with Crippen LogP contribution in [0.5, 0.6) is 17.2 Å². The first-order chi connectivity index (χ1) is 16.7. The molecule has 0 aliphatic heterocycles. The lowest BCUT2D eigenvalue weighted by atomic mass is 9.95. The predicted molar refractivity (Wildman–Crippen MR) is 124 cm³/mol. The minimum Gasteiger partial charge on any atom is -0.484 e. The number of amides is 1. The number of rotatable bonds is 7. The molecule has 0 saturated heterocycles. The zero-order valence-electron chi connectivity index (χ0n) is 19.2. The zero-order valence-corrected chi connectivity index (χ0v) is 19.2. The second-order valence-corrected chi connectivity index (χ2v) is 8.54. The van der Waals surface area contributed by atoms with E-state index >= 15 is 0 Å². The maximum Gasteiger partial charge on any atom is 0.453 e. The van der Waals surface area contributed by atoms with E-state index in [0.717, 1.165) is 44.1 Å². The summed E-state index contributed by atoms with van der Waals surface area (Å²) >= 11 is 0. The third-order valence-corrected chi connectivity index (χ3v) is 5.97. The lowest BCUT2D eigenvalue weighted by Crippen LogP contribution is -2.38. The van der Waals surface area contributed by atoms with Crippen molar-refractivity contribution in [2.45, 2.75) is 57.7 Å². The number of carbonyl (C=O) groups is 1. The summed E-state index contributed by atoms with van der Waals surface area (Å²) < 4.78 is 57.2. The van der Waals surface area contributed by atoms with Crippen LogP contribution in [0.4, 0.5) is 13.2 Å². The van der Waals surface area contributed by atoms with Gasteiger partial charge in [-0.2, -0.15) is 13.2 Å². The number of benzene rings is 2. The summed E-state index contributed by atoms with van der Waals surface area (Å²) in [6.07, 6.45) is 0.894. The van der Waals surface area contributed by atoms with E-state index in [0.29, 0.717) is 0 Å². The Hall–Kier alpha value is -3.49. The van der Waals surface area contributed by atoms with Gasteiger partial charge >= 0.3 is 6.18 Å². The van der Waals surface area contributed by atoms with Crippen LogP contribution < -0.4 is 20.2 Å². The van der Waals surface area contributed by atoms with Crippen LogP contribution in [0.2, 0.25) is 0 Å². The molecule has 1 heterocycles. The van der Waals surface area contributed by atoms with E-state index in [4.69, 9.17) is 13.9 Å². The normalized spacial score (nSPS) is 14.6. The first-order valence-corrected chi connectivity index (χ1v) is 11.6. The van der Waals surface area contributed by atoms with Crippen LogP contribution in [0.25, 0.3) is 11.0 Å². The second kappa shape index (κ2) is 10.4. The minimum atomic E-state index is -4.97. The average Bonchev–Trinajstić information content (AvgIpc) is 2.84. The fourth-order valence-corrected chi connectivity index (χ4v) is 4.10. The Morgan fingerprint density at radius 2 is 1.74 bits per heavy atom. The van der Waals surface area contributed by atoms with Gasteiger partial charge in [-0.3, -0.25) is 9.59 Å². The Morgan fingerprint density at radius 3 is 2.40 bits per heavy atom. The number of carbonyl (C=O) groups excluding carboxylic acids is 1. The smallest absolute Gasteiger partial charge is 0.453 e. The van der Waals surface area contributed by atoms with Gasteiger partial charge < -0.3 is 19.2 Å². The standard InChI is InChI=1S/C26H26F3NO5/c1-2-16-8-10-18(11-9-16)34-24-23(32)20-13-12-19(14-21(20)35-25(24)26(27,28)29)33-15-22(31)30-17-6-4-3-5-7-17/h8-14,17H,2-7,15H2,1H3,(H,30,31). The van der Waals surface area contributed by atoms with Crippen LogP contribution in [0.3, 0.4) is 0 Å². The number of ether oxygens (including phenoxy) is 2. The maximum atomic E-state index is 13.8. The van der Waals surface area contributed by atoms with Crippen molar-refractivity contribution in [2.24, 2.45) is 0 Å². The number of fused-ring (bicyclic) bond motifs is 1. The van der Waals surface area contributed by atoms with Crippen molar-refractivity contribution in [3.63, 3.8) is 0 Å². The van der Waals surface area contributed by atoms with Crippen LogP contribution in [0.1, 0.15) is 50.4 Å². The topological polar surface area (TPSA) is 77.8 Å². The number of alkyl halides is 3. The third kappa shape index (κ3) is 5.96. The van der Waals surface area contributed by atoms with Crippen LogP contribution in [0, 0.1) is 0 Å². The van der Waals surface area contributed by atoms with Crippen molar-refractivity contribution in [3.05, 3.63) is 64.0 Å². The van der Waals surface area contributed by atoms with Gasteiger partial charge in [0.15, 0.2) is 6.61 Å². The molecular formula is C26H26F3NO5. The van der Waals surface area contributed by atoms with E-state index in [-0.39, 0.29) is 41.0 Å². The quantitative estimate of drug-likeness (QED) is 0.441. The molecule has 1 aromatic heterocycles. The Bertz CT molecular complexity index is 1240. The van der Waals surface area contributed by atoms with E-state index in [1.54, 1.807) is 12.1 Å². The first kappa shape index (κ1) is 24.6. The third-order valence-electron chi connectivity index (χ3n) is 5.97. The molecule has 1 aliphatic carbocycles. The molecule has 1 saturated carbocycles. The summed E-state index contributed by atoms with van der Waals surface area (Å²) in [5.41, 5.74) is -0.306. The number of hydrogen-bond donors (Lipinski definition) is 1. The van der Waals surface area contributed by atoms with Crippen molar-refractivity contribution in [1.82, 2.24) is 5.32 Å². The zero-order chi connectivity index (χ0) is 25.0. The average molecular weight is 489 g/mol. The van der Waals surface area contributed by atoms with E-state index in [1.807, 2.05) is 6.92 Å². The van der Waals surface area contributed by atoms with E-state index in [1.165, 1.54) is 30.3 Å². The molecule has 1 N–H and O–H groups in total. The van der Waals surface area contributed by atoms with E-state index < -0.39 is 23.1 Å². The Balaban J connectivity index is 1.57. The molecule has 1 fully saturated rings. The SMILES string of the molecule is CCc1ccc(Oc2c(C(F)(F)F)oc3cc(OCC(=O)NC4CCCCC4)ccc3c2=O)cc1. The minimum absolute atomic E-state index is 0.0864. The van der Waals surface area contributed by atoms with Gasteiger partial charge in [0.05, 0.1) is 5.39 Å². The van der Waals surface area contributed by atoms with Gasteiger partial charge in [-0.05, 0) is 49.1 Å². The number of nitrogens with one attached hydrogen (secondary N) is 1. The number of aryl methyl sites for hydroxylation is 1. The van der Waals surface area contributed by atoms with Crippen molar-refractivity contribution >= 4 is 16.9 Å². The summed E-state index contributed by atoms with van der Waals surface area (Å²) in [6, 6.07) is 10.4. The summed E-state index contributed by atoms with van der Waals surface area (Å²) in [5.74, 6) is -2.59. The second-order valence-electron chi connectivity index (χ2n) is 8.54. The molecule has 1 aliphatic rings. The van der Waals surface area contributed by atoms with Gasteiger partial charge in [0.1, 0.15) is 17.1 Å². The summed E-state index contributed by atoms with van der Waals surface area (Å²) in [5, 5.41) is 2.80. The number of halogens is 3. The molecule has 0 bridgehead atoms. The molecule has 186 valence electrons. The predicted octanol–water partition coefficient (Wildman–Crippen LogP) is 5.99. The fourth-order valence-electron chi connectivity index (χ4n) is 4.10. The van der Waals surface area contributed by atoms with Crippen molar-refractivity contribution in [1.29, 1.82) is 0 Å². The maximum absolute atomic E-state index is 13.8. The highest BCUT2D eigenvalue weighted by molar-refractivity contribution is 5.80. The van der Waals surface area contributed by atoms with Gasteiger partial charge in [0.2, 0.25) is 11.2 Å². The molecule has 0 spiro atoms. The largest absolute Gasteiger partial charge is 0.484 e. The molecular weight excluding hydrogens is 463 g/mol. The lowest BCUT2D eigenvalue weighted by molar-refractivity contribution is -0.154. The van der Waals surface area contributed by atoms with Gasteiger partial charge in [0.25, 0.3) is 11.7 Å². The van der Waals surface area contributed by atoms with Crippen molar-refractivity contribution in [2.75, 3.05) is 6.61 Å². The summed E-state index contributed by atoms with van der Waals surface area (Å²) in [7, 11) is 0. The Morgan fingerprint density at radius 1 is 1.06 bits per heavy atom. The van der Waals surface area contributed by atoms with Gasteiger partial charge in [0, 0.05) is 12.1 Å². The molecule has 4 rings (SSSR count). The van der Waals surface area contributed by atoms with Crippen molar-refractivity contribution in [3.8, 4) is 17.2 Å². The molecule has 0 atom stereocenters. The molecule has 6 nitrogen and oxygen atoms in total. The van der Waals surface area contributed by atoms with E-state index in [9.17, 15) is 22.8 Å². The van der Waals surface area contributed by atoms with Crippen LogP contribution >= 0.6 is 0 Å². The molecule has 9 heteroatoms. The van der Waals surface area contributed by atoms with Crippen LogP contribution in [-0.2, 0) is 17.4 Å². The van der Waals surface area contributed by atoms with E-state index in [2.05, 4.69) is 5.32 Å². The van der Waals surface area contributed by atoms with Gasteiger partial charge in [-0.1, -0.05) is 38.3 Å². The molecule has 0 radical (unpaired) electrons. The lowest BCUT2D eigenvalue weighted by Gasteiger charge is -2.22. The molecule has 3 aromatic rings. The number of hydrogen-bond acceptors (Lipinski definition) is 5. The molecule has 0 unspecified atom stereocenters. The molecule has 35 heavy (non-hydrogen) atoms. The van der Waals surface area contributed by atoms with Gasteiger partial charge in [-0.25, -0.2) is 0 Å². The molecule has 2 aromatic carbocycles. The highest BCUT2D eigenvalue weighted by Gasteiger charge is 2.40. The monoisotopic (exact) mass is 489 g/mol. The van der Waals surface area contributed by atoms with Crippen LogP contribution in [-0.4, -0.2) is 18.6 Å². The summed E-state index contributed by atoms with van der Waals surface area (Å²) in [6.45, 7) is 1.64. The summed E-state index contributed by atoms with van der Waals surface area (Å²) in [4.78, 5) is 25.1. The van der Waals surface area contributed by atoms with Gasteiger partial charge in [-0.15, -0.1) is 0 Å². The Kier molecular flexibility index (Phi) is 7.33. The van der Waals surface area contributed by atoms with Crippen LogP contribution in [0.15, 0.2) is 51.7 Å². The first-order valence-electron chi connectivity index (χ1n) is 11.6. The molecule has 1 amide bonds. The fraction of sp³-hybridized carbons (Fsp3) is 0.385. The highest BCUT2D eigenvalue weighted by atomic mass is 19.4. The van der Waals surface area contributed by atoms with Crippen molar-refractivity contribution < 1.29 is 31.9 Å².